The predicted molar refractivity (Wildman–Crippen MR) is 119 cm³/mol. The zero-order valence-corrected chi connectivity index (χ0v) is 19.3. The molecule has 2 N–H and O–H groups in total. The molecule has 1 unspecified atom stereocenters. The maximum atomic E-state index is 13.5. The molecule has 1 amide bonds. The van der Waals surface area contributed by atoms with Crippen molar-refractivity contribution in [2.24, 2.45) is 10.4 Å². The van der Waals surface area contributed by atoms with Crippen molar-refractivity contribution >= 4 is 35.8 Å². The summed E-state index contributed by atoms with van der Waals surface area (Å²) in [4.78, 5) is 19.0. The molecular formula is C20H31F2IN4O. The number of rotatable bonds is 6. The molecule has 0 saturated heterocycles. The lowest BCUT2D eigenvalue weighted by molar-refractivity contribution is -0.138. The van der Waals surface area contributed by atoms with E-state index in [1.807, 2.05) is 13.8 Å². The van der Waals surface area contributed by atoms with Gasteiger partial charge in [-0.3, -0.25) is 9.79 Å². The average molecular weight is 508 g/mol. The number of hydrogen-bond donors (Lipinski definition) is 2. The van der Waals surface area contributed by atoms with Crippen LogP contribution in [0.1, 0.15) is 51.1 Å². The number of nitrogens with zero attached hydrogens (tertiary/aromatic N) is 2. The summed E-state index contributed by atoms with van der Waals surface area (Å²) in [7, 11) is 3.56. The second-order valence-corrected chi connectivity index (χ2v) is 7.42. The number of amides is 1. The van der Waals surface area contributed by atoms with E-state index in [2.05, 4.69) is 15.6 Å². The fourth-order valence-electron chi connectivity index (χ4n) is 3.59. The summed E-state index contributed by atoms with van der Waals surface area (Å²) < 4.78 is 26.7. The zero-order valence-electron chi connectivity index (χ0n) is 17.0. The Labute approximate surface area is 183 Å². The number of benzene rings is 1. The Kier molecular flexibility index (Phi) is 9.59. The largest absolute Gasteiger partial charge is 0.357 e. The van der Waals surface area contributed by atoms with E-state index in [0.29, 0.717) is 24.6 Å². The summed E-state index contributed by atoms with van der Waals surface area (Å²) in [6, 6.07) is 3.59. The molecule has 1 aromatic carbocycles. The van der Waals surface area contributed by atoms with Crippen LogP contribution in [0.2, 0.25) is 0 Å². The van der Waals surface area contributed by atoms with Gasteiger partial charge in [0.2, 0.25) is 5.91 Å². The van der Waals surface area contributed by atoms with Crippen LogP contribution < -0.4 is 10.6 Å². The van der Waals surface area contributed by atoms with E-state index < -0.39 is 17.0 Å². The maximum Gasteiger partial charge on any atom is 0.230 e. The summed E-state index contributed by atoms with van der Waals surface area (Å²) in [5, 5.41) is 6.38. The van der Waals surface area contributed by atoms with E-state index in [-0.39, 0.29) is 35.9 Å². The molecule has 0 bridgehead atoms. The van der Waals surface area contributed by atoms with Gasteiger partial charge in [-0.2, -0.15) is 0 Å². The fourth-order valence-corrected chi connectivity index (χ4v) is 3.59. The van der Waals surface area contributed by atoms with E-state index in [1.165, 1.54) is 6.07 Å². The molecule has 5 nitrogen and oxygen atoms in total. The minimum atomic E-state index is -0.871. The summed E-state index contributed by atoms with van der Waals surface area (Å²) in [5.74, 6) is -1.05. The Morgan fingerprint density at radius 2 is 1.89 bits per heavy atom. The molecule has 1 aliphatic carbocycles. The van der Waals surface area contributed by atoms with Gasteiger partial charge in [0, 0.05) is 20.6 Å². The Balaban J connectivity index is 0.00000392. The van der Waals surface area contributed by atoms with E-state index in [4.69, 9.17) is 0 Å². The summed E-state index contributed by atoms with van der Waals surface area (Å²) in [5.41, 5.74) is 0.177. The lowest BCUT2D eigenvalue weighted by Crippen LogP contribution is -2.43. The molecule has 158 valence electrons. The van der Waals surface area contributed by atoms with Crippen molar-refractivity contribution in [3.8, 4) is 0 Å². The van der Waals surface area contributed by atoms with Crippen molar-refractivity contribution in [1.82, 2.24) is 15.5 Å². The van der Waals surface area contributed by atoms with Gasteiger partial charge in [0.25, 0.3) is 0 Å². The molecule has 8 heteroatoms. The van der Waals surface area contributed by atoms with Crippen LogP contribution >= 0.6 is 24.0 Å². The van der Waals surface area contributed by atoms with E-state index in [9.17, 15) is 13.6 Å². The molecule has 1 aliphatic rings. The second-order valence-electron chi connectivity index (χ2n) is 7.42. The zero-order chi connectivity index (χ0) is 20.0. The SMILES string of the molecule is CCNC(=NCC1(C(=O)N(C)C)CCCC1)NC(C)c1ccc(F)c(F)c1.I. The van der Waals surface area contributed by atoms with Gasteiger partial charge in [-0.15, -0.1) is 24.0 Å². The van der Waals surface area contributed by atoms with Gasteiger partial charge >= 0.3 is 0 Å². The smallest absolute Gasteiger partial charge is 0.230 e. The fraction of sp³-hybridized carbons (Fsp3) is 0.600. The highest BCUT2D eigenvalue weighted by molar-refractivity contribution is 14.0. The number of hydrogen-bond acceptors (Lipinski definition) is 2. The maximum absolute atomic E-state index is 13.5. The first-order valence-corrected chi connectivity index (χ1v) is 9.50. The van der Waals surface area contributed by atoms with Gasteiger partial charge in [-0.05, 0) is 44.4 Å². The molecule has 1 atom stereocenters. The van der Waals surface area contributed by atoms with Gasteiger partial charge in [-0.25, -0.2) is 8.78 Å². The number of nitrogens with one attached hydrogen (secondary N) is 2. The molecule has 1 fully saturated rings. The molecule has 0 aromatic heterocycles. The molecule has 0 spiro atoms. The molecule has 28 heavy (non-hydrogen) atoms. The Hall–Kier alpha value is -1.45. The van der Waals surface area contributed by atoms with Crippen LogP contribution in [0.15, 0.2) is 23.2 Å². The monoisotopic (exact) mass is 508 g/mol. The first kappa shape index (κ1) is 24.6. The second kappa shape index (κ2) is 10.9. The van der Waals surface area contributed by atoms with Crippen LogP contribution in [0.3, 0.4) is 0 Å². The number of carbonyl (C=O) groups is 1. The first-order chi connectivity index (χ1) is 12.8. The van der Waals surface area contributed by atoms with E-state index in [1.54, 1.807) is 25.1 Å². The third-order valence-corrected chi connectivity index (χ3v) is 5.10. The molecule has 1 aromatic rings. The van der Waals surface area contributed by atoms with Gasteiger partial charge < -0.3 is 15.5 Å². The molecule has 2 rings (SSSR count). The van der Waals surface area contributed by atoms with Gasteiger partial charge in [-0.1, -0.05) is 18.9 Å². The Bertz CT molecular complexity index is 691. The van der Waals surface area contributed by atoms with Crippen LogP contribution in [0.4, 0.5) is 8.78 Å². The van der Waals surface area contributed by atoms with Gasteiger partial charge in [0.1, 0.15) is 0 Å². The van der Waals surface area contributed by atoms with Crippen molar-refractivity contribution in [2.45, 2.75) is 45.6 Å². The molecule has 0 heterocycles. The van der Waals surface area contributed by atoms with Crippen LogP contribution in [-0.4, -0.2) is 44.0 Å². The quantitative estimate of drug-likeness (QED) is 0.349. The lowest BCUT2D eigenvalue weighted by atomic mass is 9.85. The van der Waals surface area contributed by atoms with Gasteiger partial charge in [0.15, 0.2) is 17.6 Å². The number of halogens is 3. The summed E-state index contributed by atoms with van der Waals surface area (Å²) in [6.45, 7) is 4.88. The van der Waals surface area contributed by atoms with Crippen molar-refractivity contribution < 1.29 is 13.6 Å². The van der Waals surface area contributed by atoms with E-state index >= 15 is 0 Å². The lowest BCUT2D eigenvalue weighted by Gasteiger charge is -2.29. The number of carbonyl (C=O) groups excluding carboxylic acids is 1. The van der Waals surface area contributed by atoms with Crippen molar-refractivity contribution in [3.63, 3.8) is 0 Å². The van der Waals surface area contributed by atoms with Gasteiger partial charge in [0.05, 0.1) is 18.0 Å². The highest BCUT2D eigenvalue weighted by Crippen LogP contribution is 2.39. The van der Waals surface area contributed by atoms with Crippen molar-refractivity contribution in [2.75, 3.05) is 27.2 Å². The Morgan fingerprint density at radius 3 is 2.43 bits per heavy atom. The summed E-state index contributed by atoms with van der Waals surface area (Å²) >= 11 is 0. The highest BCUT2D eigenvalue weighted by Gasteiger charge is 2.42. The van der Waals surface area contributed by atoms with Crippen LogP contribution in [-0.2, 0) is 4.79 Å². The molecule has 0 aliphatic heterocycles. The van der Waals surface area contributed by atoms with E-state index in [0.717, 1.165) is 31.7 Å². The first-order valence-electron chi connectivity index (χ1n) is 9.50. The topological polar surface area (TPSA) is 56.7 Å². The number of guanidine groups is 1. The third kappa shape index (κ3) is 6.02. The van der Waals surface area contributed by atoms with Crippen LogP contribution in [0.25, 0.3) is 0 Å². The number of aliphatic imine (C=N–C) groups is 1. The third-order valence-electron chi connectivity index (χ3n) is 5.10. The molecule has 0 radical (unpaired) electrons. The normalized spacial score (nSPS) is 16.9. The van der Waals surface area contributed by atoms with Crippen molar-refractivity contribution in [3.05, 3.63) is 35.4 Å². The highest BCUT2D eigenvalue weighted by atomic mass is 127. The van der Waals surface area contributed by atoms with Crippen LogP contribution in [0.5, 0.6) is 0 Å². The van der Waals surface area contributed by atoms with Crippen LogP contribution in [0, 0.1) is 17.0 Å². The minimum absolute atomic E-state index is 0. The Morgan fingerprint density at radius 1 is 1.25 bits per heavy atom. The molecule has 1 saturated carbocycles. The molecular weight excluding hydrogens is 477 g/mol. The minimum Gasteiger partial charge on any atom is -0.357 e. The van der Waals surface area contributed by atoms with Crippen molar-refractivity contribution in [1.29, 1.82) is 0 Å². The predicted octanol–water partition coefficient (Wildman–Crippen LogP) is 3.85. The summed E-state index contributed by atoms with van der Waals surface area (Å²) in [6.07, 6.45) is 3.74. The average Bonchev–Trinajstić information content (AvgIpc) is 3.11. The standard InChI is InChI=1S/C20H30F2N4O.HI/c1-5-23-19(25-14(2)15-8-9-16(21)17(22)12-15)24-13-20(10-6-7-11-20)18(27)26(3)4;/h8-9,12,14H,5-7,10-11,13H2,1-4H3,(H2,23,24,25);1H.